The van der Waals surface area contributed by atoms with Gasteiger partial charge in [-0.05, 0) is 42.8 Å². The summed E-state index contributed by atoms with van der Waals surface area (Å²) < 4.78 is 1.22. The van der Waals surface area contributed by atoms with Crippen LogP contribution in [0.1, 0.15) is 22.5 Å². The Hall–Kier alpha value is -1.23. The highest BCUT2D eigenvalue weighted by Crippen LogP contribution is 2.39. The second-order valence-corrected chi connectivity index (χ2v) is 7.71. The van der Waals surface area contributed by atoms with Crippen molar-refractivity contribution in [3.05, 3.63) is 35.2 Å². The molecule has 3 aliphatic rings. The zero-order valence-electron chi connectivity index (χ0n) is 11.8. The summed E-state index contributed by atoms with van der Waals surface area (Å²) in [4.78, 5) is 16.4. The third-order valence-electron chi connectivity index (χ3n) is 5.44. The molecule has 3 bridgehead atoms. The second kappa shape index (κ2) is 4.38. The van der Waals surface area contributed by atoms with Crippen molar-refractivity contribution >= 4 is 27.2 Å². The molecule has 5 rings (SSSR count). The Morgan fingerprint density at radius 2 is 2.24 bits per heavy atom. The number of piperidine rings is 1. The molecule has 3 nitrogen and oxygen atoms in total. The molecule has 0 saturated carbocycles. The molecular weight excluding hydrogens is 280 g/mol. The summed E-state index contributed by atoms with van der Waals surface area (Å²) in [5.74, 6) is 1.04. The van der Waals surface area contributed by atoms with Gasteiger partial charge in [0, 0.05) is 23.3 Å². The van der Waals surface area contributed by atoms with Crippen molar-refractivity contribution in [3.8, 4) is 0 Å². The normalized spacial score (nSPS) is 37.2. The van der Waals surface area contributed by atoms with Crippen LogP contribution < -0.4 is 5.32 Å². The van der Waals surface area contributed by atoms with E-state index >= 15 is 0 Å². The van der Waals surface area contributed by atoms with E-state index in [4.69, 9.17) is 0 Å². The summed E-state index contributed by atoms with van der Waals surface area (Å²) in [5, 5.41) is 4.89. The van der Waals surface area contributed by atoms with Crippen LogP contribution in [-0.2, 0) is 0 Å². The number of nitrogens with zero attached hydrogens (tertiary/aromatic N) is 1. The number of piperazine rings is 1. The predicted molar refractivity (Wildman–Crippen MR) is 85.0 cm³/mol. The van der Waals surface area contributed by atoms with Crippen LogP contribution >= 0.6 is 11.3 Å². The molecule has 1 aromatic heterocycles. The summed E-state index contributed by atoms with van der Waals surface area (Å²) in [6, 6.07) is 11.4. The number of carbonyl (C=O) groups excluding carboxylic acids is 1. The van der Waals surface area contributed by atoms with Gasteiger partial charge in [-0.2, -0.15) is 0 Å². The van der Waals surface area contributed by atoms with E-state index < -0.39 is 0 Å². The van der Waals surface area contributed by atoms with Gasteiger partial charge >= 0.3 is 0 Å². The van der Waals surface area contributed by atoms with Crippen molar-refractivity contribution in [2.75, 3.05) is 13.1 Å². The molecule has 4 heterocycles. The van der Waals surface area contributed by atoms with E-state index in [9.17, 15) is 4.79 Å². The molecule has 0 radical (unpaired) electrons. The van der Waals surface area contributed by atoms with E-state index in [1.54, 1.807) is 11.3 Å². The molecule has 4 heteroatoms. The lowest BCUT2D eigenvalue weighted by Gasteiger charge is -2.44. The number of fused-ring (bicyclic) bond motifs is 3. The van der Waals surface area contributed by atoms with E-state index in [1.165, 1.54) is 22.9 Å². The highest BCUT2D eigenvalue weighted by atomic mass is 32.1. The maximum Gasteiger partial charge on any atom is 0.191 e. The highest BCUT2D eigenvalue weighted by Gasteiger charge is 2.51. The summed E-state index contributed by atoms with van der Waals surface area (Å²) in [6.45, 7) is 2.15. The van der Waals surface area contributed by atoms with Crippen LogP contribution in [0.15, 0.2) is 30.3 Å². The van der Waals surface area contributed by atoms with Crippen LogP contribution in [0.25, 0.3) is 10.1 Å². The molecule has 3 fully saturated rings. The first-order chi connectivity index (χ1) is 10.3. The molecule has 5 atom stereocenters. The number of ketones is 1. The second-order valence-electron chi connectivity index (χ2n) is 6.63. The number of rotatable bonds is 2. The zero-order valence-corrected chi connectivity index (χ0v) is 12.6. The minimum absolute atomic E-state index is 0.0653. The van der Waals surface area contributed by atoms with Gasteiger partial charge in [-0.3, -0.25) is 9.69 Å². The van der Waals surface area contributed by atoms with Crippen molar-refractivity contribution < 1.29 is 4.79 Å². The molecule has 0 amide bonds. The van der Waals surface area contributed by atoms with Crippen LogP contribution in [0.3, 0.4) is 0 Å². The Morgan fingerprint density at radius 3 is 3.14 bits per heavy atom. The first-order valence-corrected chi connectivity index (χ1v) is 8.64. The molecule has 1 N–H and O–H groups in total. The molecule has 108 valence electrons. The predicted octanol–water partition coefficient (Wildman–Crippen LogP) is 2.52. The number of thiophene rings is 1. The number of hydrogen-bond donors (Lipinski definition) is 1. The maximum atomic E-state index is 13.1. The Bertz CT molecular complexity index is 691. The lowest BCUT2D eigenvalue weighted by atomic mass is 9.85. The maximum absolute atomic E-state index is 13.1. The monoisotopic (exact) mass is 298 g/mol. The first-order valence-electron chi connectivity index (χ1n) is 7.82. The lowest BCUT2D eigenvalue weighted by Crippen LogP contribution is -2.64. The van der Waals surface area contributed by atoms with E-state index in [2.05, 4.69) is 28.4 Å². The van der Waals surface area contributed by atoms with Crippen molar-refractivity contribution in [3.63, 3.8) is 0 Å². The summed E-state index contributed by atoms with van der Waals surface area (Å²) in [7, 11) is 0. The lowest BCUT2D eigenvalue weighted by molar-refractivity contribution is 0.0521. The molecule has 21 heavy (non-hydrogen) atoms. The average Bonchev–Trinajstić information content (AvgIpc) is 3.01. The Kier molecular flexibility index (Phi) is 2.57. The smallest absolute Gasteiger partial charge is 0.191 e. The number of benzene rings is 1. The quantitative estimate of drug-likeness (QED) is 0.865. The minimum Gasteiger partial charge on any atom is -0.308 e. The van der Waals surface area contributed by atoms with Gasteiger partial charge in [0.05, 0.1) is 10.9 Å². The highest BCUT2D eigenvalue weighted by molar-refractivity contribution is 7.20. The standard InChI is InChI=1S/C17H18N2OS/c20-17(14-8-10-3-1-2-4-13(10)21-14)16-15-11-5-6-19(16)9-12(7-11)18-15/h1-4,8,11-12,15-16,18H,5-7,9H2. The van der Waals surface area contributed by atoms with Crippen molar-refractivity contribution in [2.24, 2.45) is 5.92 Å². The Balaban J connectivity index is 1.53. The molecule has 2 aromatic rings. The van der Waals surface area contributed by atoms with Crippen LogP contribution in [0, 0.1) is 5.92 Å². The van der Waals surface area contributed by atoms with Crippen molar-refractivity contribution in [1.29, 1.82) is 0 Å². The number of nitrogens with one attached hydrogen (secondary N) is 1. The van der Waals surface area contributed by atoms with Gasteiger partial charge in [-0.25, -0.2) is 0 Å². The van der Waals surface area contributed by atoms with Crippen LogP contribution in [0.5, 0.6) is 0 Å². The van der Waals surface area contributed by atoms with Gasteiger partial charge in [0.1, 0.15) is 0 Å². The third-order valence-corrected chi connectivity index (χ3v) is 6.57. The summed E-state index contributed by atoms with van der Waals surface area (Å²) >= 11 is 1.65. The van der Waals surface area contributed by atoms with Gasteiger partial charge in [0.15, 0.2) is 5.78 Å². The fourth-order valence-electron chi connectivity index (χ4n) is 4.53. The van der Waals surface area contributed by atoms with Gasteiger partial charge in [-0.15, -0.1) is 11.3 Å². The van der Waals surface area contributed by atoms with Gasteiger partial charge < -0.3 is 5.32 Å². The fourth-order valence-corrected chi connectivity index (χ4v) is 5.56. The topological polar surface area (TPSA) is 32.3 Å². The summed E-state index contributed by atoms with van der Waals surface area (Å²) in [5.41, 5.74) is 0. The van der Waals surface area contributed by atoms with E-state index in [-0.39, 0.29) is 6.04 Å². The number of hydrogen-bond acceptors (Lipinski definition) is 4. The van der Waals surface area contributed by atoms with Crippen LogP contribution in [0.2, 0.25) is 0 Å². The molecule has 0 spiro atoms. The van der Waals surface area contributed by atoms with Crippen molar-refractivity contribution in [1.82, 2.24) is 10.2 Å². The van der Waals surface area contributed by atoms with E-state index in [1.807, 2.05) is 12.1 Å². The number of Topliss-reactive ketones (excluding diaryl/α,β-unsaturated/α-hetero) is 1. The van der Waals surface area contributed by atoms with E-state index in [0.717, 1.165) is 18.0 Å². The Labute approximate surface area is 127 Å². The minimum atomic E-state index is 0.0653. The SMILES string of the molecule is O=C(c1cc2ccccc2s1)C1C2NC3CC2CCN1C3. The van der Waals surface area contributed by atoms with Crippen LogP contribution in [-0.4, -0.2) is 41.9 Å². The summed E-state index contributed by atoms with van der Waals surface area (Å²) in [6.07, 6.45) is 2.52. The molecular formula is C17H18N2OS. The van der Waals surface area contributed by atoms with Gasteiger partial charge in [0.2, 0.25) is 0 Å². The Morgan fingerprint density at radius 1 is 1.33 bits per heavy atom. The molecule has 3 saturated heterocycles. The third kappa shape index (κ3) is 1.76. The average molecular weight is 298 g/mol. The molecule has 3 aliphatic heterocycles. The van der Waals surface area contributed by atoms with Gasteiger partial charge in [0.25, 0.3) is 0 Å². The largest absolute Gasteiger partial charge is 0.308 e. The molecule has 5 unspecified atom stereocenters. The molecule has 1 aromatic carbocycles. The fraction of sp³-hybridized carbons (Fsp3) is 0.471. The van der Waals surface area contributed by atoms with Crippen LogP contribution in [0.4, 0.5) is 0 Å². The van der Waals surface area contributed by atoms with Crippen molar-refractivity contribution in [2.45, 2.75) is 31.0 Å². The molecule has 0 aliphatic carbocycles. The van der Waals surface area contributed by atoms with Gasteiger partial charge in [-0.1, -0.05) is 18.2 Å². The van der Waals surface area contributed by atoms with E-state index in [0.29, 0.717) is 23.8 Å². The first kappa shape index (κ1) is 12.3. The zero-order chi connectivity index (χ0) is 14.0. The number of carbonyl (C=O) groups is 1.